The summed E-state index contributed by atoms with van der Waals surface area (Å²) in [5.74, 6) is 0.417. The Morgan fingerprint density at radius 1 is 1.50 bits per heavy atom. The normalized spacial score (nSPS) is 21.3. The van der Waals surface area contributed by atoms with Gasteiger partial charge in [0.1, 0.15) is 18.2 Å². The number of para-hydroxylation sites is 1. The van der Waals surface area contributed by atoms with Gasteiger partial charge in [0.15, 0.2) is 0 Å². The van der Waals surface area contributed by atoms with Gasteiger partial charge in [0.2, 0.25) is 11.7 Å². The molecule has 100 valence electrons. The van der Waals surface area contributed by atoms with Gasteiger partial charge < -0.3 is 15.0 Å². The average molecular weight is 267 g/mol. The van der Waals surface area contributed by atoms with Crippen LogP contribution < -0.4 is 5.32 Å². The van der Waals surface area contributed by atoms with Crippen molar-refractivity contribution in [2.24, 2.45) is 0 Å². The summed E-state index contributed by atoms with van der Waals surface area (Å²) >= 11 is 0. The number of ether oxygens (including phenoxy) is 1. The minimum atomic E-state index is -0.102. The number of allylic oxidation sites excluding steroid dienone is 3. The van der Waals surface area contributed by atoms with E-state index in [0.29, 0.717) is 29.3 Å². The molecule has 0 amide bonds. The van der Waals surface area contributed by atoms with Crippen LogP contribution in [0.5, 0.6) is 0 Å². The summed E-state index contributed by atoms with van der Waals surface area (Å²) in [5.41, 5.74) is 2.15. The maximum atomic E-state index is 12.2. The molecule has 1 aromatic rings. The second-order valence-electron chi connectivity index (χ2n) is 4.66. The van der Waals surface area contributed by atoms with Gasteiger partial charge in [0.25, 0.3) is 0 Å². The van der Waals surface area contributed by atoms with Crippen LogP contribution in [-0.2, 0) is 4.74 Å². The summed E-state index contributed by atoms with van der Waals surface area (Å²) in [7, 11) is 1.86. The highest BCUT2D eigenvalue weighted by molar-refractivity contribution is 6.18. The SMILES string of the molecule is CN1CCOC1=C(C#N)C=C1Nc2ccccc2C1=O. The summed E-state index contributed by atoms with van der Waals surface area (Å²) in [5, 5.41) is 12.3. The molecule has 2 heterocycles. The molecule has 0 aliphatic carbocycles. The third-order valence-corrected chi connectivity index (χ3v) is 3.34. The molecule has 0 radical (unpaired) electrons. The first kappa shape index (κ1) is 12.3. The minimum absolute atomic E-state index is 0.102. The van der Waals surface area contributed by atoms with Crippen LogP contribution in [-0.4, -0.2) is 30.9 Å². The molecule has 20 heavy (non-hydrogen) atoms. The van der Waals surface area contributed by atoms with Crippen molar-refractivity contribution in [3.63, 3.8) is 0 Å². The standard InChI is InChI=1S/C15H13N3O2/c1-18-6-7-20-15(18)10(9-16)8-13-14(19)11-4-2-3-5-12(11)17-13/h2-5,8,17H,6-7H2,1H3. The number of nitrogens with one attached hydrogen (secondary N) is 1. The highest BCUT2D eigenvalue weighted by atomic mass is 16.5. The number of rotatable bonds is 1. The fraction of sp³-hybridized carbons (Fsp3) is 0.200. The number of carbonyl (C=O) groups is 1. The topological polar surface area (TPSA) is 65.4 Å². The molecular weight excluding hydrogens is 254 g/mol. The predicted molar refractivity (Wildman–Crippen MR) is 73.7 cm³/mol. The first-order valence-electron chi connectivity index (χ1n) is 6.31. The minimum Gasteiger partial charge on any atom is -0.476 e. The van der Waals surface area contributed by atoms with Gasteiger partial charge in [-0.3, -0.25) is 4.79 Å². The van der Waals surface area contributed by atoms with Crippen LogP contribution in [0, 0.1) is 11.3 Å². The van der Waals surface area contributed by atoms with Crippen LogP contribution >= 0.6 is 0 Å². The number of benzene rings is 1. The maximum Gasteiger partial charge on any atom is 0.211 e. The van der Waals surface area contributed by atoms with E-state index >= 15 is 0 Å². The van der Waals surface area contributed by atoms with E-state index in [1.807, 2.05) is 30.1 Å². The fourth-order valence-corrected chi connectivity index (χ4v) is 2.30. The number of hydrogen-bond donors (Lipinski definition) is 1. The Morgan fingerprint density at radius 3 is 2.95 bits per heavy atom. The van der Waals surface area contributed by atoms with E-state index < -0.39 is 0 Å². The largest absolute Gasteiger partial charge is 0.476 e. The molecule has 0 saturated carbocycles. The lowest BCUT2D eigenvalue weighted by molar-refractivity contribution is 0.104. The number of likely N-dealkylation sites (N-methyl/N-ethyl adjacent to an activating group) is 1. The molecule has 1 saturated heterocycles. The Labute approximate surface area is 116 Å². The molecule has 1 fully saturated rings. The Morgan fingerprint density at radius 2 is 2.30 bits per heavy atom. The number of nitrogens with zero attached hydrogens (tertiary/aromatic N) is 2. The van der Waals surface area contributed by atoms with Gasteiger partial charge in [0, 0.05) is 18.3 Å². The van der Waals surface area contributed by atoms with Crippen LogP contribution in [0.4, 0.5) is 5.69 Å². The van der Waals surface area contributed by atoms with Gasteiger partial charge in [0.05, 0.1) is 12.2 Å². The Hall–Kier alpha value is -2.74. The number of Topliss-reactive ketones (excluding diaryl/α,β-unsaturated/α-hetero) is 1. The van der Waals surface area contributed by atoms with Crippen molar-refractivity contribution < 1.29 is 9.53 Å². The monoisotopic (exact) mass is 267 g/mol. The lowest BCUT2D eigenvalue weighted by Crippen LogP contribution is -2.13. The van der Waals surface area contributed by atoms with E-state index in [0.717, 1.165) is 12.2 Å². The van der Waals surface area contributed by atoms with Gasteiger partial charge in [-0.25, -0.2) is 0 Å². The third kappa shape index (κ3) is 1.91. The molecular formula is C15H13N3O2. The molecule has 3 rings (SSSR count). The van der Waals surface area contributed by atoms with Gasteiger partial charge in [-0.15, -0.1) is 0 Å². The van der Waals surface area contributed by atoms with Gasteiger partial charge in [-0.05, 0) is 18.2 Å². The van der Waals surface area contributed by atoms with Crippen LogP contribution in [0.1, 0.15) is 10.4 Å². The van der Waals surface area contributed by atoms with Crippen molar-refractivity contribution in [1.82, 2.24) is 4.90 Å². The first-order chi connectivity index (χ1) is 9.70. The summed E-state index contributed by atoms with van der Waals surface area (Å²) in [6.45, 7) is 1.30. The van der Waals surface area contributed by atoms with E-state index in [9.17, 15) is 10.1 Å². The molecule has 0 spiro atoms. The number of anilines is 1. The Balaban J connectivity index is 1.99. The van der Waals surface area contributed by atoms with Crippen molar-refractivity contribution in [2.45, 2.75) is 0 Å². The van der Waals surface area contributed by atoms with E-state index in [-0.39, 0.29) is 5.78 Å². The fourth-order valence-electron chi connectivity index (χ4n) is 2.30. The zero-order valence-electron chi connectivity index (χ0n) is 11.0. The van der Waals surface area contributed by atoms with Crippen LogP contribution in [0.15, 0.2) is 47.5 Å². The highest BCUT2D eigenvalue weighted by Crippen LogP contribution is 2.28. The first-order valence-corrected chi connectivity index (χ1v) is 6.31. The van der Waals surface area contributed by atoms with Gasteiger partial charge >= 0.3 is 0 Å². The molecule has 0 bridgehead atoms. The molecule has 1 N–H and O–H groups in total. The quantitative estimate of drug-likeness (QED) is 0.621. The molecule has 0 aromatic heterocycles. The van der Waals surface area contributed by atoms with E-state index in [4.69, 9.17) is 4.74 Å². The Bertz CT molecular complexity index is 683. The Kier molecular flexibility index (Phi) is 2.92. The summed E-state index contributed by atoms with van der Waals surface area (Å²) in [6, 6.07) is 9.38. The average Bonchev–Trinajstić information content (AvgIpc) is 3.01. The number of hydrogen-bond acceptors (Lipinski definition) is 5. The van der Waals surface area contributed by atoms with Crippen molar-refractivity contribution in [3.8, 4) is 6.07 Å². The molecule has 5 heteroatoms. The summed E-state index contributed by atoms with van der Waals surface area (Å²) in [4.78, 5) is 14.1. The van der Waals surface area contributed by atoms with Crippen LogP contribution in [0.2, 0.25) is 0 Å². The number of nitriles is 1. The lowest BCUT2D eigenvalue weighted by atomic mass is 10.1. The predicted octanol–water partition coefficient (Wildman–Crippen LogP) is 1.88. The van der Waals surface area contributed by atoms with Crippen molar-refractivity contribution in [2.75, 3.05) is 25.5 Å². The number of fused-ring (bicyclic) bond motifs is 1. The summed E-state index contributed by atoms with van der Waals surface area (Å²) in [6.07, 6.45) is 1.56. The highest BCUT2D eigenvalue weighted by Gasteiger charge is 2.26. The van der Waals surface area contributed by atoms with E-state index in [1.54, 1.807) is 12.1 Å². The van der Waals surface area contributed by atoms with Gasteiger partial charge in [-0.2, -0.15) is 5.26 Å². The molecule has 0 atom stereocenters. The second-order valence-corrected chi connectivity index (χ2v) is 4.66. The van der Waals surface area contributed by atoms with Gasteiger partial charge in [-0.1, -0.05) is 12.1 Å². The molecule has 2 aliphatic rings. The van der Waals surface area contributed by atoms with Crippen molar-refractivity contribution in [3.05, 3.63) is 53.1 Å². The van der Waals surface area contributed by atoms with E-state index in [2.05, 4.69) is 11.4 Å². The zero-order valence-corrected chi connectivity index (χ0v) is 11.0. The van der Waals surface area contributed by atoms with Crippen molar-refractivity contribution >= 4 is 11.5 Å². The third-order valence-electron chi connectivity index (χ3n) is 3.34. The molecule has 1 aromatic carbocycles. The summed E-state index contributed by atoms with van der Waals surface area (Å²) < 4.78 is 5.44. The lowest BCUT2D eigenvalue weighted by Gasteiger charge is -2.10. The molecule has 0 unspecified atom stereocenters. The van der Waals surface area contributed by atoms with E-state index in [1.165, 1.54) is 0 Å². The number of ketones is 1. The zero-order chi connectivity index (χ0) is 14.1. The van der Waals surface area contributed by atoms with Crippen LogP contribution in [0.3, 0.4) is 0 Å². The maximum absolute atomic E-state index is 12.2. The molecule has 2 aliphatic heterocycles. The van der Waals surface area contributed by atoms with Crippen LogP contribution in [0.25, 0.3) is 0 Å². The van der Waals surface area contributed by atoms with Crippen molar-refractivity contribution in [1.29, 1.82) is 5.26 Å². The smallest absolute Gasteiger partial charge is 0.211 e. The number of carbonyl (C=O) groups excluding carboxylic acids is 1. The second kappa shape index (κ2) is 4.74. The molecule has 5 nitrogen and oxygen atoms in total.